The van der Waals surface area contributed by atoms with Crippen molar-refractivity contribution < 1.29 is 56.7 Å². The van der Waals surface area contributed by atoms with Crippen molar-refractivity contribution in [3.63, 3.8) is 0 Å². The molecule has 0 aromatic heterocycles. The van der Waals surface area contributed by atoms with Crippen LogP contribution in [-0.4, -0.2) is 43.9 Å². The number of alkyl halides is 11. The minimum Gasteiger partial charge on any atom is -0.220 e. The molecule has 0 radical (unpaired) electrons. The second-order valence-electron chi connectivity index (χ2n) is 5.20. The van der Waals surface area contributed by atoms with Crippen molar-refractivity contribution in [2.75, 3.05) is 5.75 Å². The number of nitrogens with zero attached hydrogens (tertiary/aromatic N) is 2. The van der Waals surface area contributed by atoms with E-state index < -0.39 is 63.5 Å². The van der Waals surface area contributed by atoms with Crippen molar-refractivity contribution in [2.24, 2.45) is 5.41 Å². The highest BCUT2D eigenvalue weighted by Gasteiger charge is 2.76. The van der Waals surface area contributed by atoms with Gasteiger partial charge in [0.15, 0.2) is 5.41 Å². The number of hydrogen-bond acceptors (Lipinski definition) is 4. The molecule has 0 atom stereocenters. The third kappa shape index (κ3) is 4.72. The third-order valence-electron chi connectivity index (χ3n) is 3.25. The van der Waals surface area contributed by atoms with Crippen LogP contribution in [0.15, 0.2) is 0 Å². The van der Waals surface area contributed by atoms with Crippen LogP contribution in [0.25, 0.3) is 0 Å². The lowest BCUT2D eigenvalue weighted by Crippen LogP contribution is -2.58. The average molecular weight is 440 g/mol. The predicted molar refractivity (Wildman–Crippen MR) is 63.6 cm³/mol. The summed E-state index contributed by atoms with van der Waals surface area (Å²) in [5.41, 5.74) is -9.57. The molecule has 0 amide bonds. The van der Waals surface area contributed by atoms with E-state index in [2.05, 4.69) is 0 Å². The summed E-state index contributed by atoms with van der Waals surface area (Å²) in [6.07, 6.45) is -10.1. The predicted octanol–water partition coefficient (Wildman–Crippen LogP) is 3.91. The zero-order valence-corrected chi connectivity index (χ0v) is 13.3. The number of halogens is 11. The molecular formula is C11H7F11N2O2S. The second-order valence-corrected chi connectivity index (χ2v) is 7.30. The van der Waals surface area contributed by atoms with Gasteiger partial charge in [-0.1, -0.05) is 0 Å². The van der Waals surface area contributed by atoms with E-state index >= 15 is 0 Å². The molecule has 156 valence electrons. The van der Waals surface area contributed by atoms with Gasteiger partial charge < -0.3 is 0 Å². The maximum Gasteiger partial charge on any atom is 0.497 e. The summed E-state index contributed by atoms with van der Waals surface area (Å²) in [4.78, 5) is 0. The van der Waals surface area contributed by atoms with Crippen molar-refractivity contribution in [1.82, 2.24) is 0 Å². The Morgan fingerprint density at radius 1 is 0.852 bits per heavy atom. The Bertz CT molecular complexity index is 717. The van der Waals surface area contributed by atoms with Crippen LogP contribution in [0.1, 0.15) is 12.8 Å². The van der Waals surface area contributed by atoms with Gasteiger partial charge >= 0.3 is 29.7 Å². The van der Waals surface area contributed by atoms with Crippen molar-refractivity contribution in [3.05, 3.63) is 0 Å². The minimum atomic E-state index is -6.81. The van der Waals surface area contributed by atoms with Gasteiger partial charge in [-0.05, 0) is 6.42 Å². The molecule has 0 aliphatic heterocycles. The molecule has 0 spiro atoms. The highest BCUT2D eigenvalue weighted by atomic mass is 32.2. The van der Waals surface area contributed by atoms with E-state index in [1.165, 1.54) is 0 Å². The van der Waals surface area contributed by atoms with Crippen LogP contribution in [0.5, 0.6) is 0 Å². The first-order valence-corrected chi connectivity index (χ1v) is 7.91. The fraction of sp³-hybridized carbons (Fsp3) is 0.818. The Hall–Kier alpha value is -1.84. The van der Waals surface area contributed by atoms with E-state index in [4.69, 9.17) is 10.5 Å². The van der Waals surface area contributed by atoms with E-state index in [1.807, 2.05) is 0 Å². The highest BCUT2D eigenvalue weighted by Crippen LogP contribution is 2.52. The van der Waals surface area contributed by atoms with Crippen molar-refractivity contribution in [2.45, 2.75) is 42.5 Å². The Labute approximate surface area is 144 Å². The normalized spacial score (nSPS) is 14.7. The van der Waals surface area contributed by atoms with E-state index in [9.17, 15) is 56.7 Å². The monoisotopic (exact) mass is 440 g/mol. The van der Waals surface area contributed by atoms with Gasteiger partial charge in [-0.3, -0.25) is 0 Å². The first-order chi connectivity index (χ1) is 11.7. The summed E-state index contributed by atoms with van der Waals surface area (Å²) in [6, 6.07) is 1.12. The van der Waals surface area contributed by atoms with Gasteiger partial charge in [0.05, 0.1) is 17.9 Å². The van der Waals surface area contributed by atoms with Crippen LogP contribution in [0, 0.1) is 28.1 Å². The molecule has 27 heavy (non-hydrogen) atoms. The quantitative estimate of drug-likeness (QED) is 0.536. The van der Waals surface area contributed by atoms with Crippen LogP contribution < -0.4 is 0 Å². The summed E-state index contributed by atoms with van der Waals surface area (Å²) in [6.45, 7) is 0. The fourth-order valence-electron chi connectivity index (χ4n) is 1.60. The molecule has 0 fully saturated rings. The Balaban J connectivity index is 5.90. The topological polar surface area (TPSA) is 81.7 Å². The lowest BCUT2D eigenvalue weighted by molar-refractivity contribution is -0.342. The maximum atomic E-state index is 13.5. The number of nitriles is 2. The standard InChI is InChI=1S/C11H7F11N2O2S/c12-6(13)9(16,17)10(18,19)8(14,15)3-7(4-23,5-24)1-2-27(25,26)11(20,21)22/h6H,1-3H2. The Morgan fingerprint density at radius 3 is 1.56 bits per heavy atom. The molecule has 0 aromatic rings. The Morgan fingerprint density at radius 2 is 1.26 bits per heavy atom. The van der Waals surface area contributed by atoms with E-state index in [0.717, 1.165) is 0 Å². The zero-order chi connectivity index (χ0) is 22.1. The molecule has 0 bridgehead atoms. The van der Waals surface area contributed by atoms with Gasteiger partial charge in [0.1, 0.15) is 0 Å². The number of hydrogen-bond donors (Lipinski definition) is 0. The van der Waals surface area contributed by atoms with Gasteiger partial charge in [-0.15, -0.1) is 0 Å². The molecule has 0 saturated carbocycles. The maximum absolute atomic E-state index is 13.5. The van der Waals surface area contributed by atoms with Crippen LogP contribution in [-0.2, 0) is 9.84 Å². The summed E-state index contributed by atoms with van der Waals surface area (Å²) < 4.78 is 161. The summed E-state index contributed by atoms with van der Waals surface area (Å²) in [7, 11) is -6.09. The minimum absolute atomic E-state index is 0.560. The second kappa shape index (κ2) is 7.29. The molecule has 0 aliphatic carbocycles. The largest absolute Gasteiger partial charge is 0.497 e. The first-order valence-electron chi connectivity index (χ1n) is 6.26. The molecule has 0 N–H and O–H groups in total. The summed E-state index contributed by atoms with van der Waals surface area (Å²) >= 11 is 0. The zero-order valence-electron chi connectivity index (χ0n) is 12.5. The van der Waals surface area contributed by atoms with Crippen molar-refractivity contribution in [1.29, 1.82) is 10.5 Å². The van der Waals surface area contributed by atoms with Gasteiger partial charge in [0.25, 0.3) is 0 Å². The molecule has 0 saturated heterocycles. The first kappa shape index (κ1) is 25.2. The summed E-state index contributed by atoms with van der Waals surface area (Å²) in [5, 5.41) is 17.3. The highest BCUT2D eigenvalue weighted by molar-refractivity contribution is 7.92. The van der Waals surface area contributed by atoms with E-state index in [-0.39, 0.29) is 0 Å². The lowest BCUT2D eigenvalue weighted by atomic mass is 9.80. The van der Waals surface area contributed by atoms with E-state index in [1.54, 1.807) is 0 Å². The molecule has 0 aromatic carbocycles. The van der Waals surface area contributed by atoms with Gasteiger partial charge in [-0.2, -0.15) is 50.0 Å². The average Bonchev–Trinajstić information content (AvgIpc) is 2.49. The third-order valence-corrected chi connectivity index (χ3v) is 4.70. The van der Waals surface area contributed by atoms with Crippen molar-refractivity contribution >= 4 is 9.84 Å². The van der Waals surface area contributed by atoms with Gasteiger partial charge in [0.2, 0.25) is 9.84 Å². The van der Waals surface area contributed by atoms with E-state index in [0.29, 0.717) is 12.1 Å². The van der Waals surface area contributed by atoms with Gasteiger partial charge in [0, 0.05) is 6.42 Å². The summed E-state index contributed by atoms with van der Waals surface area (Å²) in [5.74, 6) is -21.8. The fourth-order valence-corrected chi connectivity index (χ4v) is 2.45. The molecule has 0 unspecified atom stereocenters. The molecule has 0 heterocycles. The SMILES string of the molecule is N#CC(C#N)(CCS(=O)(=O)C(F)(F)F)CC(F)(F)C(F)(F)C(F)(F)C(F)F. The smallest absolute Gasteiger partial charge is 0.220 e. The molecule has 0 aliphatic rings. The van der Waals surface area contributed by atoms with Crippen LogP contribution in [0.3, 0.4) is 0 Å². The Kier molecular flexibility index (Phi) is 6.79. The molecule has 16 heteroatoms. The molecule has 0 rings (SSSR count). The molecule has 4 nitrogen and oxygen atoms in total. The number of sulfone groups is 1. The lowest BCUT2D eigenvalue weighted by Gasteiger charge is -2.34. The van der Waals surface area contributed by atoms with Gasteiger partial charge in [-0.25, -0.2) is 17.2 Å². The number of rotatable bonds is 8. The van der Waals surface area contributed by atoms with Crippen molar-refractivity contribution in [3.8, 4) is 12.1 Å². The van der Waals surface area contributed by atoms with Crippen LogP contribution in [0.2, 0.25) is 0 Å². The van der Waals surface area contributed by atoms with Crippen LogP contribution >= 0.6 is 0 Å². The van der Waals surface area contributed by atoms with Crippen LogP contribution in [0.4, 0.5) is 48.3 Å². The molecular weight excluding hydrogens is 433 g/mol.